The van der Waals surface area contributed by atoms with Crippen molar-refractivity contribution in [1.29, 1.82) is 0 Å². The van der Waals surface area contributed by atoms with E-state index < -0.39 is 0 Å². The van der Waals surface area contributed by atoms with Gasteiger partial charge in [0.15, 0.2) is 0 Å². The monoisotopic (exact) mass is 319 g/mol. The predicted octanol–water partition coefficient (Wildman–Crippen LogP) is 4.33. The summed E-state index contributed by atoms with van der Waals surface area (Å²) in [5.41, 5.74) is 5.57. The Bertz CT molecular complexity index is 595. The van der Waals surface area contributed by atoms with E-state index in [2.05, 4.69) is 52.9 Å². The SMILES string of the molecule is Cc1ccc(N(C)c2cc(Br)ccc2CO)c(C)c1. The Balaban J connectivity index is 2.49. The second-order valence-electron chi connectivity index (χ2n) is 4.78. The molecule has 0 unspecified atom stereocenters. The molecule has 0 fully saturated rings. The first-order chi connectivity index (χ1) is 9.02. The van der Waals surface area contributed by atoms with Crippen LogP contribution >= 0.6 is 15.9 Å². The average Bonchev–Trinajstić information content (AvgIpc) is 2.38. The van der Waals surface area contributed by atoms with Crippen LogP contribution in [-0.2, 0) is 6.61 Å². The summed E-state index contributed by atoms with van der Waals surface area (Å²) in [7, 11) is 2.03. The van der Waals surface area contributed by atoms with Gasteiger partial charge >= 0.3 is 0 Å². The van der Waals surface area contributed by atoms with Crippen molar-refractivity contribution in [3.63, 3.8) is 0 Å². The second-order valence-corrected chi connectivity index (χ2v) is 5.70. The maximum Gasteiger partial charge on any atom is 0.0702 e. The highest BCUT2D eigenvalue weighted by Crippen LogP contribution is 2.32. The Morgan fingerprint density at radius 3 is 2.42 bits per heavy atom. The molecule has 3 heteroatoms. The fraction of sp³-hybridized carbons (Fsp3) is 0.250. The van der Waals surface area contributed by atoms with Crippen molar-refractivity contribution >= 4 is 27.3 Å². The molecule has 19 heavy (non-hydrogen) atoms. The number of halogens is 1. The summed E-state index contributed by atoms with van der Waals surface area (Å²) < 4.78 is 1.01. The average molecular weight is 320 g/mol. The van der Waals surface area contributed by atoms with Crippen LogP contribution in [0.3, 0.4) is 0 Å². The van der Waals surface area contributed by atoms with Crippen LogP contribution in [0, 0.1) is 13.8 Å². The van der Waals surface area contributed by atoms with Crippen molar-refractivity contribution in [3.8, 4) is 0 Å². The van der Waals surface area contributed by atoms with Crippen LogP contribution in [0.4, 0.5) is 11.4 Å². The van der Waals surface area contributed by atoms with E-state index in [0.29, 0.717) is 0 Å². The third-order valence-electron chi connectivity index (χ3n) is 3.29. The Labute approximate surface area is 122 Å². The van der Waals surface area contributed by atoms with Gasteiger partial charge in [-0.05, 0) is 37.6 Å². The number of hydrogen-bond acceptors (Lipinski definition) is 2. The molecule has 0 spiro atoms. The second kappa shape index (κ2) is 5.76. The number of aryl methyl sites for hydroxylation is 2. The lowest BCUT2D eigenvalue weighted by Crippen LogP contribution is -2.13. The standard InChI is InChI=1S/C16H18BrNO/c1-11-4-7-15(12(2)8-11)18(3)16-9-14(17)6-5-13(16)10-19/h4-9,19H,10H2,1-3H3. The van der Waals surface area contributed by atoms with Gasteiger partial charge < -0.3 is 10.0 Å². The van der Waals surface area contributed by atoms with Gasteiger partial charge in [0.2, 0.25) is 0 Å². The number of anilines is 2. The van der Waals surface area contributed by atoms with Gasteiger partial charge in [-0.3, -0.25) is 0 Å². The summed E-state index contributed by atoms with van der Waals surface area (Å²) in [5.74, 6) is 0. The molecule has 0 aliphatic rings. The molecule has 0 radical (unpaired) electrons. The molecule has 0 saturated heterocycles. The zero-order valence-corrected chi connectivity index (χ0v) is 13.0. The summed E-state index contributed by atoms with van der Waals surface area (Å²) in [6.45, 7) is 4.24. The minimum Gasteiger partial charge on any atom is -0.392 e. The van der Waals surface area contributed by atoms with Crippen molar-refractivity contribution in [2.75, 3.05) is 11.9 Å². The molecule has 0 aliphatic heterocycles. The maximum absolute atomic E-state index is 9.48. The van der Waals surface area contributed by atoms with Gasteiger partial charge in [0.1, 0.15) is 0 Å². The zero-order valence-electron chi connectivity index (χ0n) is 11.4. The van der Waals surface area contributed by atoms with Crippen LogP contribution in [0.25, 0.3) is 0 Å². The molecule has 100 valence electrons. The smallest absolute Gasteiger partial charge is 0.0702 e. The quantitative estimate of drug-likeness (QED) is 0.910. The van der Waals surface area contributed by atoms with Gasteiger partial charge in [-0.15, -0.1) is 0 Å². The van der Waals surface area contributed by atoms with Crippen LogP contribution in [0.1, 0.15) is 16.7 Å². The van der Waals surface area contributed by atoms with E-state index in [1.165, 1.54) is 11.1 Å². The molecule has 2 nitrogen and oxygen atoms in total. The first-order valence-corrected chi connectivity index (χ1v) is 7.02. The van der Waals surface area contributed by atoms with E-state index in [0.717, 1.165) is 21.4 Å². The lowest BCUT2D eigenvalue weighted by Gasteiger charge is -2.24. The van der Waals surface area contributed by atoms with Crippen molar-refractivity contribution < 1.29 is 5.11 Å². The van der Waals surface area contributed by atoms with Crippen molar-refractivity contribution in [3.05, 3.63) is 57.6 Å². The van der Waals surface area contributed by atoms with Gasteiger partial charge in [0, 0.05) is 28.5 Å². The predicted molar refractivity (Wildman–Crippen MR) is 84.0 cm³/mol. The van der Waals surface area contributed by atoms with Crippen LogP contribution in [0.15, 0.2) is 40.9 Å². The normalized spacial score (nSPS) is 10.6. The molecule has 2 aromatic rings. The van der Waals surface area contributed by atoms with Gasteiger partial charge in [0.25, 0.3) is 0 Å². The molecule has 2 aromatic carbocycles. The topological polar surface area (TPSA) is 23.5 Å². The number of aliphatic hydroxyl groups excluding tert-OH is 1. The van der Waals surface area contributed by atoms with Gasteiger partial charge in [-0.25, -0.2) is 0 Å². The lowest BCUT2D eigenvalue weighted by atomic mass is 10.1. The minimum absolute atomic E-state index is 0.0395. The molecule has 0 aromatic heterocycles. The Kier molecular flexibility index (Phi) is 4.27. The van der Waals surface area contributed by atoms with E-state index in [1.807, 2.05) is 25.2 Å². The molecule has 0 atom stereocenters. The number of hydrogen-bond donors (Lipinski definition) is 1. The number of rotatable bonds is 3. The summed E-state index contributed by atoms with van der Waals surface area (Å²) in [4.78, 5) is 2.12. The third kappa shape index (κ3) is 2.99. The molecule has 2 rings (SSSR count). The van der Waals surface area contributed by atoms with E-state index in [-0.39, 0.29) is 6.61 Å². The lowest BCUT2D eigenvalue weighted by molar-refractivity contribution is 0.282. The van der Waals surface area contributed by atoms with E-state index in [1.54, 1.807) is 0 Å². The molecule has 0 saturated carbocycles. The molecule has 0 amide bonds. The summed E-state index contributed by atoms with van der Waals surface area (Å²) in [6.07, 6.45) is 0. The van der Waals surface area contributed by atoms with Crippen LogP contribution in [-0.4, -0.2) is 12.2 Å². The summed E-state index contributed by atoms with van der Waals surface area (Å²) in [6, 6.07) is 12.3. The van der Waals surface area contributed by atoms with Crippen LogP contribution in [0.2, 0.25) is 0 Å². The number of nitrogens with zero attached hydrogens (tertiary/aromatic N) is 1. The molecule has 0 heterocycles. The molecular weight excluding hydrogens is 302 g/mol. The molecular formula is C16H18BrNO. The van der Waals surface area contributed by atoms with Gasteiger partial charge in [-0.2, -0.15) is 0 Å². The summed E-state index contributed by atoms with van der Waals surface area (Å²) >= 11 is 3.49. The highest BCUT2D eigenvalue weighted by Gasteiger charge is 2.11. The largest absolute Gasteiger partial charge is 0.392 e. The van der Waals surface area contributed by atoms with E-state index in [4.69, 9.17) is 0 Å². The first-order valence-electron chi connectivity index (χ1n) is 6.23. The summed E-state index contributed by atoms with van der Waals surface area (Å²) in [5, 5.41) is 9.48. The zero-order chi connectivity index (χ0) is 14.0. The highest BCUT2D eigenvalue weighted by atomic mass is 79.9. The van der Waals surface area contributed by atoms with Gasteiger partial charge in [0.05, 0.1) is 6.61 Å². The number of benzene rings is 2. The Morgan fingerprint density at radius 1 is 1.05 bits per heavy atom. The third-order valence-corrected chi connectivity index (χ3v) is 3.79. The molecule has 0 bridgehead atoms. The molecule has 0 aliphatic carbocycles. The Hall–Kier alpha value is -1.32. The van der Waals surface area contributed by atoms with Crippen LogP contribution in [0.5, 0.6) is 0 Å². The van der Waals surface area contributed by atoms with Crippen molar-refractivity contribution in [2.24, 2.45) is 0 Å². The first kappa shape index (κ1) is 14.1. The maximum atomic E-state index is 9.48. The highest BCUT2D eigenvalue weighted by molar-refractivity contribution is 9.10. The fourth-order valence-corrected chi connectivity index (χ4v) is 2.64. The fourth-order valence-electron chi connectivity index (χ4n) is 2.29. The van der Waals surface area contributed by atoms with Crippen molar-refractivity contribution in [2.45, 2.75) is 20.5 Å². The minimum atomic E-state index is 0.0395. The Morgan fingerprint density at radius 2 is 1.79 bits per heavy atom. The number of aliphatic hydroxyl groups is 1. The molecule has 1 N–H and O–H groups in total. The van der Waals surface area contributed by atoms with E-state index in [9.17, 15) is 5.11 Å². The van der Waals surface area contributed by atoms with Crippen LogP contribution < -0.4 is 4.90 Å². The van der Waals surface area contributed by atoms with E-state index >= 15 is 0 Å². The van der Waals surface area contributed by atoms with Gasteiger partial charge in [-0.1, -0.05) is 39.7 Å². The van der Waals surface area contributed by atoms with Crippen molar-refractivity contribution in [1.82, 2.24) is 0 Å².